The van der Waals surface area contributed by atoms with Crippen molar-refractivity contribution in [3.05, 3.63) is 82.6 Å². The second-order valence-corrected chi connectivity index (χ2v) is 16.1. The Labute approximate surface area is 298 Å². The number of aromatic nitrogens is 1. The number of para-hydroxylation sites is 1. The number of fused-ring (bicyclic) bond motifs is 6. The quantitative estimate of drug-likeness (QED) is 0.209. The monoisotopic (exact) mass is 692 g/mol. The number of hydrogen-bond donors (Lipinski definition) is 3. The van der Waals surface area contributed by atoms with E-state index >= 15 is 0 Å². The number of anilines is 1. The van der Waals surface area contributed by atoms with Crippen molar-refractivity contribution in [2.75, 3.05) is 52.3 Å². The molecule has 51 heavy (non-hydrogen) atoms. The molecule has 0 radical (unpaired) electrons. The van der Waals surface area contributed by atoms with Crippen molar-refractivity contribution in [2.24, 2.45) is 11.3 Å². The van der Waals surface area contributed by atoms with E-state index in [1.54, 1.807) is 7.11 Å². The normalized spacial score (nSPS) is 37.8. The molecule has 6 aliphatic rings. The summed E-state index contributed by atoms with van der Waals surface area (Å²) in [5.41, 5.74) is 1.72. The van der Waals surface area contributed by atoms with Crippen molar-refractivity contribution in [3.63, 3.8) is 0 Å². The number of aldehydes is 1. The molecule has 1 aliphatic carbocycles. The molecule has 10 nitrogen and oxygen atoms in total. The smallest absolute Gasteiger partial charge is 0.322 e. The molecule has 9 rings (SSSR count). The van der Waals surface area contributed by atoms with Gasteiger partial charge in [0.1, 0.15) is 17.3 Å². The highest BCUT2D eigenvalue weighted by molar-refractivity contribution is 5.94. The number of carbonyl (C=O) groups is 2. The van der Waals surface area contributed by atoms with Crippen molar-refractivity contribution in [1.29, 1.82) is 0 Å². The average Bonchev–Trinajstić information content (AvgIpc) is 3.78. The topological polar surface area (TPSA) is 119 Å². The second kappa shape index (κ2) is 11.0. The van der Waals surface area contributed by atoms with Crippen LogP contribution >= 0.6 is 0 Å². The molecular weight excluding hydrogens is 644 g/mol. The van der Waals surface area contributed by atoms with E-state index in [1.807, 2.05) is 37.1 Å². The molecule has 9 atom stereocenters. The highest BCUT2D eigenvalue weighted by Crippen LogP contribution is 2.67. The number of methoxy groups -OCH3 is 2. The first-order valence-corrected chi connectivity index (χ1v) is 18.4. The molecular formula is C41H48N4O6. The third kappa shape index (κ3) is 3.91. The standard InChI is InChI=1S/C41H48N4O6/c1-6-38-12-9-14-45-15-13-39(34(38)45)28-17-29(32(50-4)18-31(28)43(3)35(39)41(49,23-46)36(38)47)40(37(48)51-5)19-25-16-24(2)20-44(21-25)22-27-26-10-7-8-11-30(26)42-33(27)40/h7-12,16-18,23,25,34-36,42,47,49H,6,13-15,19-22H2,1-5H3/t25?,34?,35?,36-,38-,39-,40+,41+/m1/s1. The number of rotatable bonds is 5. The van der Waals surface area contributed by atoms with E-state index in [9.17, 15) is 19.8 Å². The van der Waals surface area contributed by atoms with Gasteiger partial charge in [-0.15, -0.1) is 0 Å². The minimum atomic E-state index is -2.05. The number of hydrogen-bond acceptors (Lipinski definition) is 9. The zero-order chi connectivity index (χ0) is 35.7. The van der Waals surface area contributed by atoms with E-state index in [2.05, 4.69) is 58.1 Å². The lowest BCUT2D eigenvalue weighted by Gasteiger charge is -2.62. The summed E-state index contributed by atoms with van der Waals surface area (Å²) in [5, 5.41) is 25.7. The summed E-state index contributed by atoms with van der Waals surface area (Å²) in [7, 11) is 5.01. The Bertz CT molecular complexity index is 2040. The first-order chi connectivity index (χ1) is 24.5. The third-order valence-corrected chi connectivity index (χ3v) is 13.9. The molecule has 3 aromatic rings. The van der Waals surface area contributed by atoms with Crippen LogP contribution in [0.5, 0.6) is 5.75 Å². The van der Waals surface area contributed by atoms with Gasteiger partial charge in [0.25, 0.3) is 0 Å². The summed E-state index contributed by atoms with van der Waals surface area (Å²) in [5.74, 6) is 0.237. The van der Waals surface area contributed by atoms with Crippen LogP contribution in [0.2, 0.25) is 0 Å². The Balaban J connectivity index is 1.37. The van der Waals surface area contributed by atoms with Crippen LogP contribution in [-0.4, -0.2) is 108 Å². The minimum Gasteiger partial charge on any atom is -0.496 e. The number of carbonyl (C=O) groups excluding carboxylic acids is 2. The Morgan fingerprint density at radius 3 is 2.69 bits per heavy atom. The van der Waals surface area contributed by atoms with E-state index in [1.165, 1.54) is 12.7 Å². The number of aliphatic hydroxyl groups excluding tert-OH is 1. The van der Waals surface area contributed by atoms with Gasteiger partial charge in [0.15, 0.2) is 11.9 Å². The Kier molecular flexibility index (Phi) is 7.12. The van der Waals surface area contributed by atoms with E-state index in [0.29, 0.717) is 43.4 Å². The van der Waals surface area contributed by atoms with E-state index in [4.69, 9.17) is 9.47 Å². The van der Waals surface area contributed by atoms with Gasteiger partial charge >= 0.3 is 5.97 Å². The summed E-state index contributed by atoms with van der Waals surface area (Å²) < 4.78 is 12.1. The summed E-state index contributed by atoms with van der Waals surface area (Å²) in [4.78, 5) is 38.8. The lowest BCUT2D eigenvalue weighted by Crippen LogP contribution is -2.79. The van der Waals surface area contributed by atoms with Crippen LogP contribution < -0.4 is 9.64 Å². The Morgan fingerprint density at radius 2 is 1.94 bits per heavy atom. The zero-order valence-corrected chi connectivity index (χ0v) is 30.1. The van der Waals surface area contributed by atoms with Crippen LogP contribution in [0.1, 0.15) is 55.5 Å². The average molecular weight is 693 g/mol. The van der Waals surface area contributed by atoms with Gasteiger partial charge in [0.05, 0.1) is 20.3 Å². The molecule has 268 valence electrons. The van der Waals surface area contributed by atoms with Crippen LogP contribution in [0.4, 0.5) is 5.69 Å². The Hall–Kier alpha value is -3.96. The molecule has 1 aromatic heterocycles. The highest BCUT2D eigenvalue weighted by atomic mass is 16.5. The first-order valence-electron chi connectivity index (χ1n) is 18.4. The summed E-state index contributed by atoms with van der Waals surface area (Å²) >= 11 is 0. The number of aromatic amines is 1. The molecule has 1 spiro atoms. The van der Waals surface area contributed by atoms with Gasteiger partial charge in [-0.1, -0.05) is 48.9 Å². The van der Waals surface area contributed by atoms with Gasteiger partial charge < -0.3 is 29.6 Å². The number of nitrogens with zero attached hydrogens (tertiary/aromatic N) is 3. The molecule has 10 heteroatoms. The number of likely N-dealkylation sites (N-methyl/N-ethyl adjacent to an activating group) is 1. The maximum Gasteiger partial charge on any atom is 0.322 e. The molecule has 4 unspecified atom stereocenters. The summed E-state index contributed by atoms with van der Waals surface area (Å²) in [6.07, 6.45) is 7.41. The van der Waals surface area contributed by atoms with Crippen LogP contribution in [0.25, 0.3) is 10.9 Å². The van der Waals surface area contributed by atoms with Gasteiger partial charge in [-0.05, 0) is 61.9 Å². The fraction of sp³-hybridized carbons (Fsp3) is 0.512. The fourth-order valence-electron chi connectivity index (χ4n) is 12.2. The van der Waals surface area contributed by atoms with Crippen molar-refractivity contribution in [1.82, 2.24) is 14.8 Å². The second-order valence-electron chi connectivity index (χ2n) is 16.1. The highest BCUT2D eigenvalue weighted by Gasteiger charge is 2.77. The van der Waals surface area contributed by atoms with Crippen LogP contribution in [0, 0.1) is 11.3 Å². The van der Waals surface area contributed by atoms with Gasteiger partial charge in [-0.3, -0.25) is 19.4 Å². The Morgan fingerprint density at radius 1 is 1.14 bits per heavy atom. The van der Waals surface area contributed by atoms with Gasteiger partial charge in [-0.2, -0.15) is 0 Å². The van der Waals surface area contributed by atoms with E-state index in [0.717, 1.165) is 59.6 Å². The predicted molar refractivity (Wildman–Crippen MR) is 194 cm³/mol. The molecule has 0 amide bonds. The van der Waals surface area contributed by atoms with Crippen molar-refractivity contribution >= 4 is 28.8 Å². The van der Waals surface area contributed by atoms with Gasteiger partial charge in [0, 0.05) is 84.0 Å². The fourth-order valence-corrected chi connectivity index (χ4v) is 12.2. The lowest BCUT2D eigenvalue weighted by molar-refractivity contribution is -0.193. The molecule has 2 aromatic carbocycles. The summed E-state index contributed by atoms with van der Waals surface area (Å²) in [6, 6.07) is 11.5. The molecule has 1 saturated carbocycles. The lowest BCUT2D eigenvalue weighted by atomic mass is 9.48. The number of benzene rings is 2. The van der Waals surface area contributed by atoms with Gasteiger partial charge in [0.2, 0.25) is 0 Å². The number of nitrogens with one attached hydrogen (secondary N) is 1. The summed E-state index contributed by atoms with van der Waals surface area (Å²) in [6.45, 7) is 8.03. The van der Waals surface area contributed by atoms with Crippen LogP contribution in [0.3, 0.4) is 0 Å². The molecule has 6 heterocycles. The maximum absolute atomic E-state index is 14.9. The minimum absolute atomic E-state index is 0.0622. The third-order valence-electron chi connectivity index (χ3n) is 13.9. The maximum atomic E-state index is 14.9. The SMILES string of the molecule is CC[C@]12C=CCN3CC[C@@]4(c5cc([C@@]6(C(=O)OC)CC7C=C(C)CN(Cc8c6[nH]c6ccccc86)C7)c(OC)cc5N(C)C4[C@@](O)(C=O)[C@@H]1O)C32. The van der Waals surface area contributed by atoms with E-state index in [-0.39, 0.29) is 17.9 Å². The molecule has 2 bridgehead atoms. The first kappa shape index (κ1) is 32.9. The number of esters is 1. The number of ether oxygens (including phenoxy) is 2. The van der Waals surface area contributed by atoms with E-state index < -0.39 is 34.0 Å². The molecule has 1 saturated heterocycles. The van der Waals surface area contributed by atoms with Crippen LogP contribution in [0.15, 0.2) is 60.2 Å². The predicted octanol–water partition coefficient (Wildman–Crippen LogP) is 3.82. The number of aliphatic hydroxyl groups is 2. The van der Waals surface area contributed by atoms with Crippen LogP contribution in [-0.2, 0) is 31.7 Å². The largest absolute Gasteiger partial charge is 0.496 e. The van der Waals surface area contributed by atoms with Crippen molar-refractivity contribution < 1.29 is 29.3 Å². The molecule has 2 fully saturated rings. The molecule has 3 N–H and O–H groups in total. The van der Waals surface area contributed by atoms with Crippen molar-refractivity contribution in [3.8, 4) is 5.75 Å². The van der Waals surface area contributed by atoms with Crippen molar-refractivity contribution in [2.45, 2.75) is 74.3 Å². The zero-order valence-electron chi connectivity index (χ0n) is 30.1. The number of H-pyrrole nitrogens is 1. The molecule has 5 aliphatic heterocycles. The van der Waals surface area contributed by atoms with Gasteiger partial charge in [-0.25, -0.2) is 0 Å².